The van der Waals surface area contributed by atoms with Crippen molar-refractivity contribution in [1.29, 1.82) is 0 Å². The van der Waals surface area contributed by atoms with Crippen molar-refractivity contribution in [3.05, 3.63) is 53.1 Å². The molecule has 3 aromatic rings. The third-order valence-corrected chi connectivity index (χ3v) is 5.32. The van der Waals surface area contributed by atoms with Gasteiger partial charge >= 0.3 is 0 Å². The average molecular weight is 371 g/mol. The maximum absolute atomic E-state index is 6.33. The van der Waals surface area contributed by atoms with Crippen LogP contribution in [0.15, 0.2) is 36.9 Å². The molecule has 0 aliphatic carbocycles. The van der Waals surface area contributed by atoms with Gasteiger partial charge in [0.15, 0.2) is 5.82 Å². The van der Waals surface area contributed by atoms with Crippen LogP contribution >= 0.6 is 11.6 Å². The monoisotopic (exact) mass is 370 g/mol. The SMILES string of the molecule is Cc1ccc(CNCC2CCCN(c3nccn4cnnc34)C2)c(Cl)c1. The summed E-state index contributed by atoms with van der Waals surface area (Å²) in [6.07, 6.45) is 7.80. The first-order chi connectivity index (χ1) is 12.7. The molecule has 1 aromatic carbocycles. The zero-order valence-electron chi connectivity index (χ0n) is 14.9. The maximum atomic E-state index is 6.33. The van der Waals surface area contributed by atoms with Crippen molar-refractivity contribution in [3.8, 4) is 0 Å². The fourth-order valence-corrected chi connectivity index (χ4v) is 3.90. The van der Waals surface area contributed by atoms with Crippen LogP contribution in [0.1, 0.15) is 24.0 Å². The molecular weight excluding hydrogens is 348 g/mol. The molecule has 4 rings (SSSR count). The van der Waals surface area contributed by atoms with Crippen LogP contribution in [0.2, 0.25) is 5.02 Å². The minimum absolute atomic E-state index is 0.581. The molecule has 26 heavy (non-hydrogen) atoms. The van der Waals surface area contributed by atoms with Crippen LogP contribution in [0, 0.1) is 12.8 Å². The highest BCUT2D eigenvalue weighted by Crippen LogP contribution is 2.24. The van der Waals surface area contributed by atoms with Crippen molar-refractivity contribution in [2.45, 2.75) is 26.3 Å². The molecule has 1 saturated heterocycles. The lowest BCUT2D eigenvalue weighted by atomic mass is 9.98. The number of aryl methyl sites for hydroxylation is 1. The molecule has 2 aromatic heterocycles. The van der Waals surface area contributed by atoms with Crippen LogP contribution in [0.25, 0.3) is 5.65 Å². The molecule has 0 bridgehead atoms. The van der Waals surface area contributed by atoms with E-state index in [0.717, 1.165) is 54.7 Å². The molecular formula is C19H23ClN6. The third kappa shape index (κ3) is 3.66. The molecule has 0 radical (unpaired) electrons. The molecule has 3 heterocycles. The van der Waals surface area contributed by atoms with Gasteiger partial charge in [0.2, 0.25) is 5.65 Å². The Bertz CT molecular complexity index is 893. The number of aromatic nitrogens is 4. The lowest BCUT2D eigenvalue weighted by Crippen LogP contribution is -2.40. The first-order valence-electron chi connectivity index (χ1n) is 9.06. The lowest BCUT2D eigenvalue weighted by molar-refractivity contribution is 0.390. The quantitative estimate of drug-likeness (QED) is 0.747. The number of benzene rings is 1. The Morgan fingerprint density at radius 3 is 3.15 bits per heavy atom. The van der Waals surface area contributed by atoms with Gasteiger partial charge in [-0.3, -0.25) is 4.40 Å². The summed E-state index contributed by atoms with van der Waals surface area (Å²) in [5, 5.41) is 12.6. The summed E-state index contributed by atoms with van der Waals surface area (Å²) in [6, 6.07) is 6.23. The standard InChI is InChI=1S/C19H23ClN6/c1-14-4-5-16(17(20)9-14)11-21-10-15-3-2-7-25(12-15)18-19-24-23-13-26(19)8-6-22-18/h4-6,8-9,13,15,21H,2-3,7,10-12H2,1H3. The number of piperidine rings is 1. The minimum atomic E-state index is 0.581. The first-order valence-corrected chi connectivity index (χ1v) is 9.43. The molecule has 0 spiro atoms. The molecule has 6 nitrogen and oxygen atoms in total. The summed E-state index contributed by atoms with van der Waals surface area (Å²) in [7, 11) is 0. The summed E-state index contributed by atoms with van der Waals surface area (Å²) in [5.41, 5.74) is 3.17. The van der Waals surface area contributed by atoms with Gasteiger partial charge in [-0.1, -0.05) is 23.7 Å². The summed E-state index contributed by atoms with van der Waals surface area (Å²) < 4.78 is 1.92. The largest absolute Gasteiger partial charge is 0.353 e. The van der Waals surface area contributed by atoms with Crippen molar-refractivity contribution < 1.29 is 0 Å². The van der Waals surface area contributed by atoms with Crippen LogP contribution in [0.5, 0.6) is 0 Å². The van der Waals surface area contributed by atoms with Crippen molar-refractivity contribution >= 4 is 23.1 Å². The molecule has 1 aliphatic heterocycles. The Morgan fingerprint density at radius 1 is 1.35 bits per heavy atom. The molecule has 136 valence electrons. The second kappa shape index (κ2) is 7.60. The van der Waals surface area contributed by atoms with Gasteiger partial charge in [0.25, 0.3) is 0 Å². The fraction of sp³-hybridized carbons (Fsp3) is 0.421. The van der Waals surface area contributed by atoms with Gasteiger partial charge in [0.1, 0.15) is 6.33 Å². The predicted molar refractivity (Wildman–Crippen MR) is 104 cm³/mol. The molecule has 0 amide bonds. The van der Waals surface area contributed by atoms with Crippen LogP contribution in [0.3, 0.4) is 0 Å². The predicted octanol–water partition coefficient (Wildman–Crippen LogP) is 3.09. The molecule has 1 atom stereocenters. The highest BCUT2D eigenvalue weighted by molar-refractivity contribution is 6.31. The Balaban J connectivity index is 1.37. The summed E-state index contributed by atoms with van der Waals surface area (Å²) in [5.74, 6) is 1.51. The molecule has 7 heteroatoms. The van der Waals surface area contributed by atoms with Crippen LogP contribution in [-0.4, -0.2) is 39.2 Å². The Morgan fingerprint density at radius 2 is 2.27 bits per heavy atom. The normalized spacial score (nSPS) is 17.8. The Labute approximate surface area is 158 Å². The Hall–Kier alpha value is -2.18. The Kier molecular flexibility index (Phi) is 5.04. The van der Waals surface area contributed by atoms with Gasteiger partial charge in [0.05, 0.1) is 0 Å². The van der Waals surface area contributed by atoms with E-state index >= 15 is 0 Å². The van der Waals surface area contributed by atoms with Crippen molar-refractivity contribution in [3.63, 3.8) is 0 Å². The molecule has 1 unspecified atom stereocenters. The van der Waals surface area contributed by atoms with Crippen LogP contribution in [-0.2, 0) is 6.54 Å². The number of fused-ring (bicyclic) bond motifs is 1. The van der Waals surface area contributed by atoms with E-state index in [2.05, 4.69) is 44.5 Å². The molecule has 1 fully saturated rings. The van der Waals surface area contributed by atoms with E-state index < -0.39 is 0 Å². The van der Waals surface area contributed by atoms with Crippen LogP contribution < -0.4 is 10.2 Å². The zero-order valence-corrected chi connectivity index (χ0v) is 15.7. The molecule has 0 saturated carbocycles. The fourth-order valence-electron chi connectivity index (χ4n) is 3.60. The van der Waals surface area contributed by atoms with Crippen LogP contribution in [0.4, 0.5) is 5.82 Å². The number of halogens is 1. The maximum Gasteiger partial charge on any atom is 0.203 e. The highest BCUT2D eigenvalue weighted by Gasteiger charge is 2.23. The van der Waals surface area contributed by atoms with Gasteiger partial charge in [-0.15, -0.1) is 10.2 Å². The number of hydrogen-bond acceptors (Lipinski definition) is 5. The summed E-state index contributed by atoms with van der Waals surface area (Å²) in [4.78, 5) is 6.88. The smallest absolute Gasteiger partial charge is 0.203 e. The summed E-state index contributed by atoms with van der Waals surface area (Å²) >= 11 is 6.33. The second-order valence-corrected chi connectivity index (χ2v) is 7.40. The number of nitrogens with zero attached hydrogens (tertiary/aromatic N) is 5. The summed E-state index contributed by atoms with van der Waals surface area (Å²) in [6.45, 7) is 5.82. The number of hydrogen-bond donors (Lipinski definition) is 1. The van der Waals surface area contributed by atoms with Gasteiger partial charge in [0, 0.05) is 37.1 Å². The van der Waals surface area contributed by atoms with Crippen molar-refractivity contribution in [2.75, 3.05) is 24.5 Å². The van der Waals surface area contributed by atoms with E-state index in [9.17, 15) is 0 Å². The minimum Gasteiger partial charge on any atom is -0.353 e. The van der Waals surface area contributed by atoms with E-state index in [4.69, 9.17) is 11.6 Å². The molecule has 1 N–H and O–H groups in total. The van der Waals surface area contributed by atoms with Gasteiger partial charge in [-0.25, -0.2) is 4.98 Å². The van der Waals surface area contributed by atoms with E-state index in [-0.39, 0.29) is 0 Å². The van der Waals surface area contributed by atoms with E-state index in [1.165, 1.54) is 12.0 Å². The molecule has 1 aliphatic rings. The topological polar surface area (TPSA) is 58.4 Å². The first kappa shape index (κ1) is 17.2. The van der Waals surface area contributed by atoms with Gasteiger partial charge in [-0.2, -0.15) is 0 Å². The van der Waals surface area contributed by atoms with E-state index in [1.807, 2.05) is 22.9 Å². The average Bonchev–Trinajstić information content (AvgIpc) is 3.12. The van der Waals surface area contributed by atoms with Crippen molar-refractivity contribution in [2.24, 2.45) is 5.92 Å². The lowest BCUT2D eigenvalue weighted by Gasteiger charge is -2.33. The number of rotatable bonds is 5. The van der Waals surface area contributed by atoms with Crippen molar-refractivity contribution in [1.82, 2.24) is 24.9 Å². The second-order valence-electron chi connectivity index (χ2n) is 6.99. The van der Waals surface area contributed by atoms with E-state index in [1.54, 1.807) is 6.33 Å². The third-order valence-electron chi connectivity index (χ3n) is 4.97. The van der Waals surface area contributed by atoms with Gasteiger partial charge < -0.3 is 10.2 Å². The van der Waals surface area contributed by atoms with E-state index in [0.29, 0.717) is 5.92 Å². The van der Waals surface area contributed by atoms with Gasteiger partial charge in [-0.05, 0) is 49.4 Å². The highest BCUT2D eigenvalue weighted by atomic mass is 35.5. The number of nitrogens with one attached hydrogen (secondary N) is 1. The number of anilines is 1. The zero-order chi connectivity index (χ0) is 17.9.